The van der Waals surface area contributed by atoms with Crippen molar-refractivity contribution >= 4 is 0 Å². The molecule has 0 aliphatic carbocycles. The molecule has 2 rings (SSSR count). The van der Waals surface area contributed by atoms with E-state index in [1.54, 1.807) is 7.11 Å². The first kappa shape index (κ1) is 15.1. The molecule has 2 atom stereocenters. The van der Waals surface area contributed by atoms with Crippen LogP contribution in [0.4, 0.5) is 0 Å². The Balaban J connectivity index is 1.77. The maximum absolute atomic E-state index is 5.93. The monoisotopic (exact) mass is 279 g/mol. The van der Waals surface area contributed by atoms with Gasteiger partial charge in [0.15, 0.2) is 11.5 Å². The van der Waals surface area contributed by atoms with Crippen LogP contribution in [-0.4, -0.2) is 39.0 Å². The standard InChI is InChI=1S/C16H25NO3/c1-12-6-7-15(16(9-12)18-3)20-13(2)10-17-11-14-5-4-8-19-14/h6-7,9,13-14,17H,4-5,8,10-11H2,1-3H3. The summed E-state index contributed by atoms with van der Waals surface area (Å²) in [5, 5.41) is 3.41. The van der Waals surface area contributed by atoms with Gasteiger partial charge in [0.05, 0.1) is 13.2 Å². The highest BCUT2D eigenvalue weighted by molar-refractivity contribution is 5.42. The summed E-state index contributed by atoms with van der Waals surface area (Å²) in [6.45, 7) is 6.70. The predicted octanol–water partition coefficient (Wildman–Crippen LogP) is 2.54. The minimum atomic E-state index is 0.0907. The zero-order chi connectivity index (χ0) is 14.4. The van der Waals surface area contributed by atoms with Crippen LogP contribution in [0.2, 0.25) is 0 Å². The van der Waals surface area contributed by atoms with E-state index in [9.17, 15) is 0 Å². The van der Waals surface area contributed by atoms with E-state index < -0.39 is 0 Å². The Morgan fingerprint density at radius 3 is 2.95 bits per heavy atom. The fraction of sp³-hybridized carbons (Fsp3) is 0.625. The number of methoxy groups -OCH3 is 1. The first-order valence-corrected chi connectivity index (χ1v) is 7.32. The first-order valence-electron chi connectivity index (χ1n) is 7.32. The third-order valence-electron chi connectivity index (χ3n) is 3.48. The molecule has 1 saturated heterocycles. The van der Waals surface area contributed by atoms with Gasteiger partial charge < -0.3 is 19.5 Å². The van der Waals surface area contributed by atoms with E-state index in [-0.39, 0.29) is 6.10 Å². The van der Waals surface area contributed by atoms with Crippen LogP contribution in [0.3, 0.4) is 0 Å². The third-order valence-corrected chi connectivity index (χ3v) is 3.48. The molecule has 1 fully saturated rings. The minimum absolute atomic E-state index is 0.0907. The number of rotatable bonds is 7. The molecule has 1 aliphatic heterocycles. The van der Waals surface area contributed by atoms with Crippen molar-refractivity contribution in [3.63, 3.8) is 0 Å². The number of nitrogens with one attached hydrogen (secondary N) is 1. The number of benzene rings is 1. The van der Waals surface area contributed by atoms with Crippen molar-refractivity contribution in [3.05, 3.63) is 23.8 Å². The van der Waals surface area contributed by atoms with Crippen molar-refractivity contribution in [1.29, 1.82) is 0 Å². The molecule has 0 aromatic heterocycles. The van der Waals surface area contributed by atoms with Gasteiger partial charge in [-0.1, -0.05) is 6.07 Å². The van der Waals surface area contributed by atoms with Gasteiger partial charge >= 0.3 is 0 Å². The lowest BCUT2D eigenvalue weighted by molar-refractivity contribution is 0.106. The summed E-state index contributed by atoms with van der Waals surface area (Å²) in [5.74, 6) is 1.58. The Morgan fingerprint density at radius 1 is 1.40 bits per heavy atom. The summed E-state index contributed by atoms with van der Waals surface area (Å²) in [6.07, 6.45) is 2.80. The molecule has 112 valence electrons. The lowest BCUT2D eigenvalue weighted by Gasteiger charge is -2.19. The van der Waals surface area contributed by atoms with Crippen LogP contribution in [-0.2, 0) is 4.74 Å². The van der Waals surface area contributed by atoms with E-state index in [1.165, 1.54) is 12.0 Å². The molecular weight excluding hydrogens is 254 g/mol. The normalized spacial score (nSPS) is 19.9. The average molecular weight is 279 g/mol. The summed E-state index contributed by atoms with van der Waals surface area (Å²) in [7, 11) is 1.67. The van der Waals surface area contributed by atoms with Crippen LogP contribution in [0.5, 0.6) is 11.5 Å². The summed E-state index contributed by atoms with van der Waals surface area (Å²) in [4.78, 5) is 0. The van der Waals surface area contributed by atoms with Crippen molar-refractivity contribution < 1.29 is 14.2 Å². The molecule has 1 aromatic carbocycles. The van der Waals surface area contributed by atoms with Crippen LogP contribution < -0.4 is 14.8 Å². The lowest BCUT2D eigenvalue weighted by atomic mass is 10.2. The van der Waals surface area contributed by atoms with Crippen LogP contribution in [0.15, 0.2) is 18.2 Å². The van der Waals surface area contributed by atoms with Crippen molar-refractivity contribution in [1.82, 2.24) is 5.32 Å². The Labute approximate surface area is 121 Å². The Bertz CT molecular complexity index is 416. The van der Waals surface area contributed by atoms with Crippen LogP contribution in [0.1, 0.15) is 25.3 Å². The topological polar surface area (TPSA) is 39.7 Å². The molecule has 20 heavy (non-hydrogen) atoms. The van der Waals surface area contributed by atoms with E-state index in [0.29, 0.717) is 6.10 Å². The van der Waals surface area contributed by atoms with Crippen LogP contribution in [0.25, 0.3) is 0 Å². The number of hydrogen-bond acceptors (Lipinski definition) is 4. The number of hydrogen-bond donors (Lipinski definition) is 1. The second-order valence-corrected chi connectivity index (χ2v) is 5.38. The van der Waals surface area contributed by atoms with E-state index in [2.05, 4.69) is 12.2 Å². The molecule has 0 radical (unpaired) electrons. The largest absolute Gasteiger partial charge is 0.493 e. The first-order chi connectivity index (χ1) is 9.69. The smallest absolute Gasteiger partial charge is 0.161 e. The quantitative estimate of drug-likeness (QED) is 0.832. The summed E-state index contributed by atoms with van der Waals surface area (Å²) in [6, 6.07) is 5.98. The lowest BCUT2D eigenvalue weighted by Crippen LogP contribution is -2.34. The average Bonchev–Trinajstić information content (AvgIpc) is 2.94. The fourth-order valence-electron chi connectivity index (χ4n) is 2.38. The highest BCUT2D eigenvalue weighted by Gasteiger charge is 2.15. The maximum Gasteiger partial charge on any atom is 0.161 e. The van der Waals surface area contributed by atoms with Crippen molar-refractivity contribution in [2.24, 2.45) is 0 Å². The van der Waals surface area contributed by atoms with Gasteiger partial charge in [-0.3, -0.25) is 0 Å². The van der Waals surface area contributed by atoms with Gasteiger partial charge in [-0.05, 0) is 44.4 Å². The van der Waals surface area contributed by atoms with Crippen LogP contribution in [0, 0.1) is 6.92 Å². The van der Waals surface area contributed by atoms with E-state index in [4.69, 9.17) is 14.2 Å². The summed E-state index contributed by atoms with van der Waals surface area (Å²) < 4.78 is 16.9. The molecule has 1 aliphatic rings. The van der Waals surface area contributed by atoms with E-state index in [1.807, 2.05) is 25.1 Å². The zero-order valence-corrected chi connectivity index (χ0v) is 12.6. The number of aryl methyl sites for hydroxylation is 1. The third kappa shape index (κ3) is 4.39. The molecule has 4 nitrogen and oxygen atoms in total. The van der Waals surface area contributed by atoms with Gasteiger partial charge in [0.2, 0.25) is 0 Å². The molecule has 1 aromatic rings. The van der Waals surface area contributed by atoms with Gasteiger partial charge in [-0.15, -0.1) is 0 Å². The van der Waals surface area contributed by atoms with Crippen molar-refractivity contribution in [2.45, 2.75) is 38.9 Å². The fourth-order valence-corrected chi connectivity index (χ4v) is 2.38. The van der Waals surface area contributed by atoms with Crippen molar-refractivity contribution in [3.8, 4) is 11.5 Å². The Hall–Kier alpha value is -1.26. The Kier molecular flexibility index (Phi) is 5.68. The molecule has 4 heteroatoms. The number of ether oxygens (including phenoxy) is 3. The molecular formula is C16H25NO3. The SMILES string of the molecule is COc1cc(C)ccc1OC(C)CNCC1CCCO1. The van der Waals surface area contributed by atoms with Gasteiger partial charge in [0, 0.05) is 19.7 Å². The molecule has 1 N–H and O–H groups in total. The maximum atomic E-state index is 5.93. The minimum Gasteiger partial charge on any atom is -0.493 e. The molecule has 0 spiro atoms. The highest BCUT2D eigenvalue weighted by atomic mass is 16.5. The van der Waals surface area contributed by atoms with E-state index in [0.717, 1.165) is 37.6 Å². The summed E-state index contributed by atoms with van der Waals surface area (Å²) in [5.41, 5.74) is 1.17. The molecule has 1 heterocycles. The molecule has 0 saturated carbocycles. The second-order valence-electron chi connectivity index (χ2n) is 5.38. The second kappa shape index (κ2) is 7.50. The Morgan fingerprint density at radius 2 is 2.25 bits per heavy atom. The molecule has 2 unspecified atom stereocenters. The van der Waals surface area contributed by atoms with Gasteiger partial charge in [0.25, 0.3) is 0 Å². The molecule has 0 bridgehead atoms. The van der Waals surface area contributed by atoms with Gasteiger partial charge in [-0.2, -0.15) is 0 Å². The molecule has 0 amide bonds. The predicted molar refractivity (Wildman–Crippen MR) is 79.7 cm³/mol. The van der Waals surface area contributed by atoms with Gasteiger partial charge in [-0.25, -0.2) is 0 Å². The van der Waals surface area contributed by atoms with E-state index >= 15 is 0 Å². The van der Waals surface area contributed by atoms with Crippen molar-refractivity contribution in [2.75, 3.05) is 26.8 Å². The summed E-state index contributed by atoms with van der Waals surface area (Å²) >= 11 is 0. The van der Waals surface area contributed by atoms with Crippen LogP contribution >= 0.6 is 0 Å². The van der Waals surface area contributed by atoms with Gasteiger partial charge in [0.1, 0.15) is 6.10 Å². The zero-order valence-electron chi connectivity index (χ0n) is 12.6. The highest BCUT2D eigenvalue weighted by Crippen LogP contribution is 2.28.